The third-order valence-electron chi connectivity index (χ3n) is 4.81. The Morgan fingerprint density at radius 3 is 2.57 bits per heavy atom. The molecule has 2 unspecified atom stereocenters. The van der Waals surface area contributed by atoms with Gasteiger partial charge >= 0.3 is 0 Å². The largest absolute Gasteiger partial charge is 0.391 e. The number of fused-ring (bicyclic) bond motifs is 1. The van der Waals surface area contributed by atoms with Crippen LogP contribution in [0.15, 0.2) is 0 Å². The van der Waals surface area contributed by atoms with Crippen LogP contribution >= 0.6 is 0 Å². The zero-order valence-corrected chi connectivity index (χ0v) is 13.1. The second-order valence-electron chi connectivity index (χ2n) is 6.21. The molecule has 1 aliphatic carbocycles. The highest BCUT2D eigenvalue weighted by Crippen LogP contribution is 2.35. The lowest BCUT2D eigenvalue weighted by molar-refractivity contribution is 0.106. The fraction of sp³-hybridized carbons (Fsp3) is 0.625. The summed E-state index contributed by atoms with van der Waals surface area (Å²) in [6.07, 6.45) is 5.00. The van der Waals surface area contributed by atoms with Gasteiger partial charge in [-0.15, -0.1) is 0 Å². The quantitative estimate of drug-likeness (QED) is 0.791. The van der Waals surface area contributed by atoms with Crippen molar-refractivity contribution in [2.45, 2.75) is 65.0 Å². The Labute approximate surface area is 125 Å². The summed E-state index contributed by atoms with van der Waals surface area (Å²) in [7, 11) is 0. The first kappa shape index (κ1) is 14.3. The second kappa shape index (κ2) is 5.30. The maximum absolute atomic E-state index is 10.5. The molecular weight excluding hydrogens is 264 g/mol. The van der Waals surface area contributed by atoms with Crippen molar-refractivity contribution in [2.24, 2.45) is 0 Å². The molecule has 2 aromatic heterocycles. The Hall–Kier alpha value is -1.62. The Balaban J connectivity index is 2.24. The number of hydrogen-bond donors (Lipinski definition) is 2. The lowest BCUT2D eigenvalue weighted by Gasteiger charge is -2.24. The van der Waals surface area contributed by atoms with Gasteiger partial charge in [-0.05, 0) is 39.2 Å². The standard InChI is InChI=1S/C16H24N4O/c1-9-10(2)20(12-7-5-4-6-8-13(12)21)16-14(9)15(17)18-11(3)19-16/h12-13,21H,4-8H2,1-3H3,(H2,17,18,19). The highest BCUT2D eigenvalue weighted by atomic mass is 16.3. The van der Waals surface area contributed by atoms with Gasteiger partial charge in [0, 0.05) is 5.69 Å². The number of aliphatic hydroxyl groups is 1. The molecule has 2 atom stereocenters. The number of nitrogens with zero attached hydrogens (tertiary/aromatic N) is 3. The van der Waals surface area contributed by atoms with Gasteiger partial charge in [-0.2, -0.15) is 0 Å². The summed E-state index contributed by atoms with van der Waals surface area (Å²) in [5.41, 5.74) is 9.25. The number of hydrogen-bond acceptors (Lipinski definition) is 4. The van der Waals surface area contributed by atoms with Crippen LogP contribution in [0.1, 0.15) is 55.2 Å². The number of aromatic nitrogens is 3. The molecule has 0 radical (unpaired) electrons. The van der Waals surface area contributed by atoms with E-state index in [1.54, 1.807) is 0 Å². The van der Waals surface area contributed by atoms with E-state index in [9.17, 15) is 5.11 Å². The molecule has 2 aromatic rings. The predicted octanol–water partition coefficient (Wildman–Crippen LogP) is 2.80. The maximum atomic E-state index is 10.5. The van der Waals surface area contributed by atoms with Gasteiger partial charge in [0.25, 0.3) is 0 Å². The van der Waals surface area contributed by atoms with Crippen molar-refractivity contribution in [2.75, 3.05) is 5.73 Å². The summed E-state index contributed by atoms with van der Waals surface area (Å²) >= 11 is 0. The van der Waals surface area contributed by atoms with Gasteiger partial charge < -0.3 is 15.4 Å². The van der Waals surface area contributed by atoms with Crippen LogP contribution in [0.25, 0.3) is 11.0 Å². The first-order valence-electron chi connectivity index (χ1n) is 7.80. The molecule has 3 N–H and O–H groups in total. The Kier molecular flexibility index (Phi) is 3.61. The molecule has 1 saturated carbocycles. The van der Waals surface area contributed by atoms with Crippen LogP contribution in [0, 0.1) is 20.8 Å². The predicted molar refractivity (Wildman–Crippen MR) is 84.3 cm³/mol. The molecular formula is C16H24N4O. The summed E-state index contributed by atoms with van der Waals surface area (Å²) in [5.74, 6) is 1.22. The Morgan fingerprint density at radius 2 is 1.81 bits per heavy atom. The van der Waals surface area contributed by atoms with Crippen molar-refractivity contribution in [1.82, 2.24) is 14.5 Å². The number of anilines is 1. The number of nitrogens with two attached hydrogens (primary N) is 1. The van der Waals surface area contributed by atoms with E-state index in [1.807, 2.05) is 6.92 Å². The van der Waals surface area contributed by atoms with Crippen molar-refractivity contribution >= 4 is 16.9 Å². The number of aliphatic hydroxyl groups excluding tert-OH is 1. The fourth-order valence-corrected chi connectivity index (χ4v) is 3.61. The van der Waals surface area contributed by atoms with E-state index in [4.69, 9.17) is 5.73 Å². The molecule has 5 nitrogen and oxygen atoms in total. The molecule has 0 aromatic carbocycles. The topological polar surface area (TPSA) is 77.0 Å². The van der Waals surface area contributed by atoms with Gasteiger partial charge in [0.1, 0.15) is 17.3 Å². The number of aryl methyl sites for hydroxylation is 2. The average Bonchev–Trinajstić information content (AvgIpc) is 2.58. The van der Waals surface area contributed by atoms with E-state index in [0.29, 0.717) is 11.6 Å². The zero-order chi connectivity index (χ0) is 15.1. The van der Waals surface area contributed by atoms with Crippen molar-refractivity contribution in [3.05, 3.63) is 17.1 Å². The third kappa shape index (κ3) is 2.29. The maximum Gasteiger partial charge on any atom is 0.146 e. The minimum Gasteiger partial charge on any atom is -0.391 e. The van der Waals surface area contributed by atoms with Crippen LogP contribution in [-0.4, -0.2) is 25.7 Å². The summed E-state index contributed by atoms with van der Waals surface area (Å²) in [5, 5.41) is 11.5. The molecule has 5 heteroatoms. The first-order chi connectivity index (χ1) is 10.0. The van der Waals surface area contributed by atoms with Crippen LogP contribution in [0.4, 0.5) is 5.82 Å². The second-order valence-corrected chi connectivity index (χ2v) is 6.21. The van der Waals surface area contributed by atoms with E-state index in [1.165, 1.54) is 6.42 Å². The van der Waals surface area contributed by atoms with Crippen LogP contribution in [0.2, 0.25) is 0 Å². The molecule has 21 heavy (non-hydrogen) atoms. The molecule has 0 amide bonds. The molecule has 0 aliphatic heterocycles. The van der Waals surface area contributed by atoms with E-state index < -0.39 is 0 Å². The van der Waals surface area contributed by atoms with Gasteiger partial charge in [0.15, 0.2) is 0 Å². The first-order valence-corrected chi connectivity index (χ1v) is 7.80. The van der Waals surface area contributed by atoms with Crippen LogP contribution in [0.3, 0.4) is 0 Å². The van der Waals surface area contributed by atoms with E-state index in [0.717, 1.165) is 48.0 Å². The lowest BCUT2D eigenvalue weighted by atomic mass is 10.1. The van der Waals surface area contributed by atoms with Gasteiger partial charge in [-0.1, -0.05) is 19.3 Å². The molecule has 0 bridgehead atoms. The van der Waals surface area contributed by atoms with Crippen molar-refractivity contribution < 1.29 is 5.11 Å². The molecule has 0 saturated heterocycles. The van der Waals surface area contributed by atoms with Gasteiger partial charge in [-0.25, -0.2) is 9.97 Å². The molecule has 114 valence electrons. The SMILES string of the molecule is Cc1nc(N)c2c(C)c(C)n(C3CCCCCC3O)c2n1. The highest BCUT2D eigenvalue weighted by Gasteiger charge is 2.28. The highest BCUT2D eigenvalue weighted by molar-refractivity contribution is 5.91. The number of rotatable bonds is 1. The van der Waals surface area contributed by atoms with E-state index >= 15 is 0 Å². The third-order valence-corrected chi connectivity index (χ3v) is 4.81. The van der Waals surface area contributed by atoms with Crippen molar-refractivity contribution in [1.29, 1.82) is 0 Å². The average molecular weight is 288 g/mol. The van der Waals surface area contributed by atoms with Crippen LogP contribution in [-0.2, 0) is 0 Å². The van der Waals surface area contributed by atoms with Gasteiger partial charge in [0.2, 0.25) is 0 Å². The Bertz CT molecular complexity index is 677. The summed E-state index contributed by atoms with van der Waals surface area (Å²) in [4.78, 5) is 8.91. The summed E-state index contributed by atoms with van der Waals surface area (Å²) < 4.78 is 2.20. The normalized spacial score (nSPS) is 23.4. The van der Waals surface area contributed by atoms with Crippen LogP contribution in [0.5, 0.6) is 0 Å². The van der Waals surface area contributed by atoms with E-state index in [-0.39, 0.29) is 12.1 Å². The number of nitrogen functional groups attached to an aromatic ring is 1. The molecule has 2 heterocycles. The van der Waals surface area contributed by atoms with Crippen molar-refractivity contribution in [3.63, 3.8) is 0 Å². The minimum absolute atomic E-state index is 0.0948. The van der Waals surface area contributed by atoms with Gasteiger partial charge in [0.05, 0.1) is 17.5 Å². The lowest BCUT2D eigenvalue weighted by Crippen LogP contribution is -2.24. The summed E-state index contributed by atoms with van der Waals surface area (Å²) in [6, 6.07) is 0.0948. The smallest absolute Gasteiger partial charge is 0.146 e. The molecule has 0 spiro atoms. The Morgan fingerprint density at radius 1 is 1.10 bits per heavy atom. The monoisotopic (exact) mass is 288 g/mol. The van der Waals surface area contributed by atoms with Crippen molar-refractivity contribution in [3.8, 4) is 0 Å². The zero-order valence-electron chi connectivity index (χ0n) is 13.1. The molecule has 1 aliphatic rings. The fourth-order valence-electron chi connectivity index (χ4n) is 3.61. The minimum atomic E-state index is -0.308. The van der Waals surface area contributed by atoms with Crippen LogP contribution < -0.4 is 5.73 Å². The van der Waals surface area contributed by atoms with Gasteiger partial charge in [-0.3, -0.25) is 0 Å². The summed E-state index contributed by atoms with van der Waals surface area (Å²) in [6.45, 7) is 6.01. The molecule has 3 rings (SSSR count). The molecule has 1 fully saturated rings. The van der Waals surface area contributed by atoms with E-state index in [2.05, 4.69) is 28.4 Å².